The lowest BCUT2D eigenvalue weighted by Crippen LogP contribution is -2.43. The van der Waals surface area contributed by atoms with Gasteiger partial charge in [0.05, 0.1) is 5.69 Å². The van der Waals surface area contributed by atoms with Gasteiger partial charge in [0.25, 0.3) is 5.91 Å². The van der Waals surface area contributed by atoms with E-state index >= 15 is 0 Å². The van der Waals surface area contributed by atoms with Crippen molar-refractivity contribution in [2.75, 3.05) is 23.4 Å². The van der Waals surface area contributed by atoms with Gasteiger partial charge in [-0.1, -0.05) is 25.1 Å². The second-order valence-corrected chi connectivity index (χ2v) is 6.04. The lowest BCUT2D eigenvalue weighted by atomic mass is 10.0. The Labute approximate surface area is 151 Å². The van der Waals surface area contributed by atoms with Crippen LogP contribution in [0.1, 0.15) is 30.1 Å². The van der Waals surface area contributed by atoms with E-state index in [2.05, 4.69) is 5.32 Å². The van der Waals surface area contributed by atoms with Gasteiger partial charge in [-0.25, -0.2) is 0 Å². The van der Waals surface area contributed by atoms with E-state index in [1.54, 1.807) is 30.3 Å². The monoisotopic (exact) mass is 352 g/mol. The molecular formula is C20H20N2O4. The SMILES string of the molecule is CCCC(=O)c1ccc2c(c1)N(CC(=O)Nc1ccccc1)C(=O)CO2. The predicted molar refractivity (Wildman–Crippen MR) is 98.6 cm³/mol. The van der Waals surface area contributed by atoms with Gasteiger partial charge >= 0.3 is 0 Å². The molecule has 0 unspecified atom stereocenters. The lowest BCUT2D eigenvalue weighted by molar-refractivity contribution is -0.123. The number of hydrogen-bond donors (Lipinski definition) is 1. The number of carbonyl (C=O) groups is 3. The average Bonchev–Trinajstić information content (AvgIpc) is 2.64. The minimum atomic E-state index is -0.319. The second-order valence-electron chi connectivity index (χ2n) is 6.04. The van der Waals surface area contributed by atoms with Crippen LogP contribution in [0.25, 0.3) is 0 Å². The molecule has 0 aliphatic carbocycles. The van der Waals surface area contributed by atoms with Gasteiger partial charge in [-0.15, -0.1) is 0 Å². The van der Waals surface area contributed by atoms with E-state index in [0.29, 0.717) is 29.1 Å². The molecule has 1 heterocycles. The van der Waals surface area contributed by atoms with E-state index < -0.39 is 0 Å². The summed E-state index contributed by atoms with van der Waals surface area (Å²) in [5.41, 5.74) is 1.62. The maximum absolute atomic E-state index is 12.3. The Bertz CT molecular complexity index is 833. The third-order valence-electron chi connectivity index (χ3n) is 4.06. The van der Waals surface area contributed by atoms with Crippen LogP contribution in [0, 0.1) is 0 Å². The van der Waals surface area contributed by atoms with Crippen molar-refractivity contribution < 1.29 is 19.1 Å². The average molecular weight is 352 g/mol. The van der Waals surface area contributed by atoms with Gasteiger partial charge in [0, 0.05) is 17.7 Å². The summed E-state index contributed by atoms with van der Waals surface area (Å²) in [5.74, 6) is -0.143. The number of para-hydroxylation sites is 1. The number of anilines is 2. The largest absolute Gasteiger partial charge is 0.482 e. The zero-order valence-corrected chi connectivity index (χ0v) is 14.5. The molecule has 0 aromatic heterocycles. The number of carbonyl (C=O) groups excluding carboxylic acids is 3. The fraction of sp³-hybridized carbons (Fsp3) is 0.250. The van der Waals surface area contributed by atoms with Gasteiger partial charge in [0.15, 0.2) is 12.4 Å². The second kappa shape index (κ2) is 7.82. The quantitative estimate of drug-likeness (QED) is 0.811. The zero-order chi connectivity index (χ0) is 18.5. The number of fused-ring (bicyclic) bond motifs is 1. The maximum Gasteiger partial charge on any atom is 0.265 e. The fourth-order valence-electron chi connectivity index (χ4n) is 2.79. The van der Waals surface area contributed by atoms with Gasteiger partial charge in [0.2, 0.25) is 5.91 Å². The Morgan fingerprint density at radius 1 is 1.15 bits per heavy atom. The molecule has 2 aromatic carbocycles. The minimum Gasteiger partial charge on any atom is -0.482 e. The Morgan fingerprint density at radius 2 is 1.92 bits per heavy atom. The highest BCUT2D eigenvalue weighted by Crippen LogP contribution is 2.33. The zero-order valence-electron chi connectivity index (χ0n) is 14.5. The summed E-state index contributed by atoms with van der Waals surface area (Å²) < 4.78 is 5.43. The highest BCUT2D eigenvalue weighted by molar-refractivity contribution is 6.06. The molecule has 0 saturated heterocycles. The molecule has 0 atom stereocenters. The number of amides is 2. The number of rotatable bonds is 6. The summed E-state index contributed by atoms with van der Waals surface area (Å²) in [5, 5.41) is 2.76. The van der Waals surface area contributed by atoms with Crippen molar-refractivity contribution in [3.8, 4) is 5.75 Å². The summed E-state index contributed by atoms with van der Waals surface area (Å²) >= 11 is 0. The van der Waals surface area contributed by atoms with Crippen LogP contribution in [0.3, 0.4) is 0 Å². The van der Waals surface area contributed by atoms with Gasteiger partial charge in [-0.05, 0) is 36.8 Å². The highest BCUT2D eigenvalue weighted by Gasteiger charge is 2.28. The smallest absolute Gasteiger partial charge is 0.265 e. The molecule has 0 bridgehead atoms. The number of ketones is 1. The molecule has 26 heavy (non-hydrogen) atoms. The van der Waals surface area contributed by atoms with Gasteiger partial charge in [-0.3, -0.25) is 19.3 Å². The van der Waals surface area contributed by atoms with Crippen molar-refractivity contribution in [2.45, 2.75) is 19.8 Å². The number of ether oxygens (including phenoxy) is 1. The Balaban J connectivity index is 1.81. The Morgan fingerprint density at radius 3 is 2.65 bits per heavy atom. The first-order chi connectivity index (χ1) is 12.6. The molecule has 0 fully saturated rings. The molecule has 0 saturated carbocycles. The van der Waals surface area contributed by atoms with Crippen molar-refractivity contribution in [3.63, 3.8) is 0 Å². The van der Waals surface area contributed by atoms with Crippen LogP contribution in [-0.2, 0) is 9.59 Å². The maximum atomic E-state index is 12.3. The Hall–Kier alpha value is -3.15. The summed E-state index contributed by atoms with van der Waals surface area (Å²) in [6.45, 7) is 1.66. The Kier molecular flexibility index (Phi) is 5.31. The van der Waals surface area contributed by atoms with Crippen LogP contribution in [-0.4, -0.2) is 30.7 Å². The molecule has 2 aromatic rings. The van der Waals surface area contributed by atoms with Crippen molar-refractivity contribution in [2.24, 2.45) is 0 Å². The third kappa shape index (κ3) is 3.91. The van der Waals surface area contributed by atoms with Crippen molar-refractivity contribution in [1.29, 1.82) is 0 Å². The molecular weight excluding hydrogens is 332 g/mol. The van der Waals surface area contributed by atoms with E-state index in [0.717, 1.165) is 6.42 Å². The first-order valence-electron chi connectivity index (χ1n) is 8.54. The third-order valence-corrected chi connectivity index (χ3v) is 4.06. The lowest BCUT2D eigenvalue weighted by Gasteiger charge is -2.29. The summed E-state index contributed by atoms with van der Waals surface area (Å²) in [7, 11) is 0. The van der Waals surface area contributed by atoms with Crippen molar-refractivity contribution in [1.82, 2.24) is 0 Å². The van der Waals surface area contributed by atoms with E-state index in [9.17, 15) is 14.4 Å². The number of Topliss-reactive ketones (excluding diaryl/α,β-unsaturated/α-hetero) is 1. The van der Waals surface area contributed by atoms with Gasteiger partial charge in [-0.2, -0.15) is 0 Å². The molecule has 1 N–H and O–H groups in total. The van der Waals surface area contributed by atoms with Crippen LogP contribution in [0.2, 0.25) is 0 Å². The molecule has 2 amide bonds. The summed E-state index contributed by atoms with van der Waals surface area (Å²) in [6.07, 6.45) is 1.18. The highest BCUT2D eigenvalue weighted by atomic mass is 16.5. The van der Waals surface area contributed by atoms with Crippen LogP contribution in [0.5, 0.6) is 5.75 Å². The normalized spacial score (nSPS) is 13.0. The number of nitrogens with one attached hydrogen (secondary N) is 1. The summed E-state index contributed by atoms with van der Waals surface area (Å²) in [6, 6.07) is 14.0. The number of nitrogens with zero attached hydrogens (tertiary/aromatic N) is 1. The molecule has 6 heteroatoms. The van der Waals surface area contributed by atoms with Gasteiger partial charge in [0.1, 0.15) is 12.3 Å². The first kappa shape index (κ1) is 17.7. The van der Waals surface area contributed by atoms with E-state index in [4.69, 9.17) is 4.74 Å². The van der Waals surface area contributed by atoms with E-state index in [1.165, 1.54) is 4.90 Å². The predicted octanol–water partition coefficient (Wildman–Crippen LogP) is 3.03. The minimum absolute atomic E-state index is 0.00186. The molecule has 0 spiro atoms. The van der Waals surface area contributed by atoms with E-state index in [-0.39, 0.29) is 30.7 Å². The number of hydrogen-bond acceptors (Lipinski definition) is 4. The van der Waals surface area contributed by atoms with Crippen molar-refractivity contribution >= 4 is 29.0 Å². The molecule has 0 radical (unpaired) electrons. The summed E-state index contributed by atoms with van der Waals surface area (Å²) in [4.78, 5) is 38.2. The van der Waals surface area contributed by atoms with Crippen LogP contribution < -0.4 is 15.0 Å². The fourth-order valence-corrected chi connectivity index (χ4v) is 2.79. The van der Waals surface area contributed by atoms with Crippen molar-refractivity contribution in [3.05, 3.63) is 54.1 Å². The van der Waals surface area contributed by atoms with Crippen LogP contribution >= 0.6 is 0 Å². The molecule has 1 aliphatic rings. The molecule has 1 aliphatic heterocycles. The molecule has 134 valence electrons. The first-order valence-corrected chi connectivity index (χ1v) is 8.54. The topological polar surface area (TPSA) is 75.7 Å². The van der Waals surface area contributed by atoms with Gasteiger partial charge < -0.3 is 10.1 Å². The van der Waals surface area contributed by atoms with Crippen LogP contribution in [0.15, 0.2) is 48.5 Å². The molecule has 3 rings (SSSR count). The number of benzene rings is 2. The van der Waals surface area contributed by atoms with Crippen LogP contribution in [0.4, 0.5) is 11.4 Å². The van der Waals surface area contributed by atoms with E-state index in [1.807, 2.05) is 25.1 Å². The standard InChI is InChI=1S/C20H20N2O4/c1-2-6-17(23)14-9-10-18-16(11-14)22(20(25)13-26-18)12-19(24)21-15-7-4-3-5-8-15/h3-5,7-11H,2,6,12-13H2,1H3,(H,21,24). The molecule has 6 nitrogen and oxygen atoms in total.